The highest BCUT2D eigenvalue weighted by molar-refractivity contribution is 5.96. The lowest BCUT2D eigenvalue weighted by Crippen LogP contribution is -2.58. The molecule has 0 saturated heterocycles. The smallest absolute Gasteiger partial charge is 0.326 e. The van der Waals surface area contributed by atoms with Crippen molar-refractivity contribution in [3.63, 3.8) is 0 Å². The van der Waals surface area contributed by atoms with Gasteiger partial charge in [0.05, 0.1) is 12.5 Å². The molecular formula is C23H34N6O7. The van der Waals surface area contributed by atoms with Gasteiger partial charge in [-0.05, 0) is 17.9 Å². The Balaban J connectivity index is 3.10. The number of rotatable bonds is 15. The predicted octanol–water partition coefficient (Wildman–Crippen LogP) is -2.11. The van der Waals surface area contributed by atoms with Crippen LogP contribution in [0.25, 0.3) is 0 Å². The summed E-state index contributed by atoms with van der Waals surface area (Å²) < 4.78 is 0. The molecule has 5 amide bonds. The fourth-order valence-electron chi connectivity index (χ4n) is 3.22. The molecule has 13 heteroatoms. The molecule has 0 saturated carbocycles. The summed E-state index contributed by atoms with van der Waals surface area (Å²) in [6, 6.07) is 3.54. The van der Waals surface area contributed by atoms with Gasteiger partial charge < -0.3 is 38.3 Å². The van der Waals surface area contributed by atoms with E-state index in [-0.39, 0.29) is 19.3 Å². The number of carbonyl (C=O) groups excluding carboxylic acids is 5. The number of hydrogen-bond donors (Lipinski definition) is 7. The van der Waals surface area contributed by atoms with Crippen LogP contribution in [0.2, 0.25) is 0 Å². The zero-order valence-corrected chi connectivity index (χ0v) is 20.2. The van der Waals surface area contributed by atoms with E-state index < -0.39 is 72.0 Å². The Morgan fingerprint density at radius 3 is 1.89 bits per heavy atom. The minimum absolute atomic E-state index is 0.00953. The topological polar surface area (TPSA) is 237 Å². The maximum absolute atomic E-state index is 13.1. The fraction of sp³-hybridized carbons (Fsp3) is 0.478. The average molecular weight is 507 g/mol. The van der Waals surface area contributed by atoms with Crippen molar-refractivity contribution in [3.8, 4) is 0 Å². The van der Waals surface area contributed by atoms with Crippen LogP contribution in [0.15, 0.2) is 30.3 Å². The number of hydrogen-bond acceptors (Lipinski definition) is 7. The minimum Gasteiger partial charge on any atom is -0.480 e. The second-order valence-electron chi connectivity index (χ2n) is 8.66. The summed E-state index contributed by atoms with van der Waals surface area (Å²) in [5, 5.41) is 16.5. The summed E-state index contributed by atoms with van der Waals surface area (Å²) in [5.41, 5.74) is 16.8. The van der Waals surface area contributed by atoms with Crippen molar-refractivity contribution in [1.82, 2.24) is 16.0 Å². The van der Waals surface area contributed by atoms with Crippen LogP contribution in [0.1, 0.15) is 38.7 Å². The van der Waals surface area contributed by atoms with Crippen LogP contribution in [-0.2, 0) is 35.2 Å². The van der Waals surface area contributed by atoms with Gasteiger partial charge in [-0.2, -0.15) is 0 Å². The molecule has 0 aliphatic heterocycles. The molecule has 13 nitrogen and oxygen atoms in total. The fourth-order valence-corrected chi connectivity index (χ4v) is 3.22. The van der Waals surface area contributed by atoms with Crippen LogP contribution in [0.4, 0.5) is 0 Å². The Kier molecular flexibility index (Phi) is 12.0. The zero-order chi connectivity index (χ0) is 27.4. The van der Waals surface area contributed by atoms with E-state index >= 15 is 0 Å². The third-order valence-corrected chi connectivity index (χ3v) is 5.22. The van der Waals surface area contributed by atoms with Gasteiger partial charge in [-0.1, -0.05) is 44.2 Å². The maximum Gasteiger partial charge on any atom is 0.326 e. The van der Waals surface area contributed by atoms with Gasteiger partial charge in [-0.3, -0.25) is 24.0 Å². The molecule has 0 spiro atoms. The number of nitrogens with one attached hydrogen (secondary N) is 3. The van der Waals surface area contributed by atoms with Crippen LogP contribution in [0, 0.1) is 5.92 Å². The summed E-state index contributed by atoms with van der Waals surface area (Å²) >= 11 is 0. The molecule has 198 valence electrons. The van der Waals surface area contributed by atoms with Gasteiger partial charge in [0, 0.05) is 12.8 Å². The number of benzene rings is 1. The lowest BCUT2D eigenvalue weighted by atomic mass is 10.0. The van der Waals surface area contributed by atoms with Crippen LogP contribution in [-0.4, -0.2) is 64.8 Å². The Bertz CT molecular complexity index is 954. The molecular weight excluding hydrogens is 472 g/mol. The van der Waals surface area contributed by atoms with Gasteiger partial charge in [0.1, 0.15) is 18.1 Å². The van der Waals surface area contributed by atoms with Gasteiger partial charge in [-0.15, -0.1) is 0 Å². The van der Waals surface area contributed by atoms with Crippen molar-refractivity contribution in [2.75, 3.05) is 0 Å². The minimum atomic E-state index is -1.49. The lowest BCUT2D eigenvalue weighted by molar-refractivity contribution is -0.143. The number of amides is 5. The predicted molar refractivity (Wildman–Crippen MR) is 129 cm³/mol. The van der Waals surface area contributed by atoms with E-state index in [1.165, 1.54) is 0 Å². The normalized spacial score (nSPS) is 14.1. The van der Waals surface area contributed by atoms with E-state index in [4.69, 9.17) is 17.2 Å². The molecule has 0 aliphatic rings. The van der Waals surface area contributed by atoms with E-state index in [0.717, 1.165) is 0 Å². The van der Waals surface area contributed by atoms with E-state index in [1.807, 2.05) is 0 Å². The third kappa shape index (κ3) is 10.5. The quantitative estimate of drug-likeness (QED) is 0.139. The van der Waals surface area contributed by atoms with Crippen LogP contribution >= 0.6 is 0 Å². The van der Waals surface area contributed by atoms with E-state index in [9.17, 15) is 33.9 Å². The Morgan fingerprint density at radius 2 is 1.39 bits per heavy atom. The number of primary amides is 2. The van der Waals surface area contributed by atoms with E-state index in [0.29, 0.717) is 5.56 Å². The summed E-state index contributed by atoms with van der Waals surface area (Å²) in [5.74, 6) is -5.81. The van der Waals surface area contributed by atoms with Gasteiger partial charge in [0.15, 0.2) is 0 Å². The first-order valence-electron chi connectivity index (χ1n) is 11.3. The molecule has 10 N–H and O–H groups in total. The van der Waals surface area contributed by atoms with Crippen molar-refractivity contribution >= 4 is 35.5 Å². The van der Waals surface area contributed by atoms with Crippen molar-refractivity contribution in [1.29, 1.82) is 0 Å². The number of aliphatic carboxylic acids is 1. The van der Waals surface area contributed by atoms with Crippen molar-refractivity contribution in [2.24, 2.45) is 23.1 Å². The number of carboxylic acids is 1. The molecule has 4 atom stereocenters. The SMILES string of the molecule is CC(C)C(NC(=O)C(CC(N)=O)NC(=O)C(Cc1ccccc1)NC(=O)C(N)CCC(N)=O)C(=O)O. The first kappa shape index (κ1) is 30.0. The molecule has 0 aromatic heterocycles. The molecule has 0 heterocycles. The van der Waals surface area contributed by atoms with Crippen LogP contribution in [0.5, 0.6) is 0 Å². The molecule has 36 heavy (non-hydrogen) atoms. The molecule has 0 bridgehead atoms. The summed E-state index contributed by atoms with van der Waals surface area (Å²) in [4.78, 5) is 72.4. The molecule has 0 aliphatic carbocycles. The number of carboxylic acid groups (broad SMARTS) is 1. The first-order valence-corrected chi connectivity index (χ1v) is 11.3. The Morgan fingerprint density at radius 1 is 0.833 bits per heavy atom. The molecule has 1 rings (SSSR count). The molecule has 1 aromatic carbocycles. The summed E-state index contributed by atoms with van der Waals surface area (Å²) in [6.07, 6.45) is -0.771. The number of nitrogens with two attached hydrogens (primary N) is 3. The maximum atomic E-state index is 13.1. The Hall–Kier alpha value is -4.00. The molecule has 4 unspecified atom stereocenters. The average Bonchev–Trinajstić information content (AvgIpc) is 2.79. The van der Waals surface area contributed by atoms with Crippen molar-refractivity contribution in [2.45, 2.75) is 63.7 Å². The van der Waals surface area contributed by atoms with Crippen molar-refractivity contribution in [3.05, 3.63) is 35.9 Å². The van der Waals surface area contributed by atoms with Gasteiger partial charge in [0.2, 0.25) is 29.5 Å². The highest BCUT2D eigenvalue weighted by atomic mass is 16.4. The molecule has 0 radical (unpaired) electrons. The first-order chi connectivity index (χ1) is 16.8. The highest BCUT2D eigenvalue weighted by Crippen LogP contribution is 2.07. The van der Waals surface area contributed by atoms with Crippen LogP contribution < -0.4 is 33.2 Å². The molecule has 0 fully saturated rings. The van der Waals surface area contributed by atoms with Crippen molar-refractivity contribution < 1.29 is 33.9 Å². The highest BCUT2D eigenvalue weighted by Gasteiger charge is 2.32. The summed E-state index contributed by atoms with van der Waals surface area (Å²) in [6.45, 7) is 3.15. The lowest BCUT2D eigenvalue weighted by Gasteiger charge is -2.25. The van der Waals surface area contributed by atoms with Crippen LogP contribution in [0.3, 0.4) is 0 Å². The Labute approximate surface area is 208 Å². The molecule has 1 aromatic rings. The zero-order valence-electron chi connectivity index (χ0n) is 20.2. The second-order valence-corrected chi connectivity index (χ2v) is 8.66. The van der Waals surface area contributed by atoms with E-state index in [2.05, 4.69) is 16.0 Å². The second kappa shape index (κ2) is 14.4. The summed E-state index contributed by atoms with van der Waals surface area (Å²) in [7, 11) is 0. The standard InChI is InChI=1S/C23H34N6O7/c1-12(2)19(23(35)36)29-22(34)16(11-18(26)31)28-21(33)15(10-13-6-4-3-5-7-13)27-20(32)14(24)8-9-17(25)30/h3-7,12,14-16,19H,8-11,24H2,1-2H3,(H2,25,30)(H2,26,31)(H,27,32)(H,28,33)(H,29,34)(H,35,36). The number of carbonyl (C=O) groups is 6. The van der Waals surface area contributed by atoms with Gasteiger partial charge >= 0.3 is 5.97 Å². The monoisotopic (exact) mass is 506 g/mol. The van der Waals surface area contributed by atoms with E-state index in [1.54, 1.807) is 44.2 Å². The third-order valence-electron chi connectivity index (χ3n) is 5.22. The van der Waals surface area contributed by atoms with Gasteiger partial charge in [0.25, 0.3) is 0 Å². The van der Waals surface area contributed by atoms with Gasteiger partial charge in [-0.25, -0.2) is 4.79 Å². The largest absolute Gasteiger partial charge is 0.480 e.